The average molecular weight is 277 g/mol. The first-order valence-corrected chi connectivity index (χ1v) is 7.68. The fourth-order valence-corrected chi connectivity index (χ4v) is 3.00. The van der Waals surface area contributed by atoms with Crippen LogP contribution in [0.4, 0.5) is 0 Å². The quantitative estimate of drug-likeness (QED) is 0.868. The lowest BCUT2D eigenvalue weighted by Crippen LogP contribution is -2.35. The Morgan fingerprint density at radius 1 is 1.20 bits per heavy atom. The van der Waals surface area contributed by atoms with Gasteiger partial charge in [-0.2, -0.15) is 0 Å². The molecule has 0 aromatic heterocycles. The molecule has 0 spiro atoms. The van der Waals surface area contributed by atoms with E-state index in [1.165, 1.54) is 24.8 Å². The Labute approximate surface area is 122 Å². The zero-order chi connectivity index (χ0) is 14.4. The van der Waals surface area contributed by atoms with Gasteiger partial charge >= 0.3 is 0 Å². The molecular weight excluding hydrogens is 250 g/mol. The van der Waals surface area contributed by atoms with E-state index in [1.807, 2.05) is 12.1 Å². The minimum atomic E-state index is -0.0906. The van der Waals surface area contributed by atoms with Crippen LogP contribution in [0.15, 0.2) is 24.3 Å². The van der Waals surface area contributed by atoms with Gasteiger partial charge in [-0.15, -0.1) is 0 Å². The van der Waals surface area contributed by atoms with E-state index in [4.69, 9.17) is 4.74 Å². The Balaban J connectivity index is 1.74. The maximum absolute atomic E-state index is 10.0. The zero-order valence-electron chi connectivity index (χ0n) is 12.7. The van der Waals surface area contributed by atoms with Gasteiger partial charge < -0.3 is 14.7 Å². The molecule has 0 amide bonds. The molecule has 112 valence electrons. The van der Waals surface area contributed by atoms with E-state index in [0.29, 0.717) is 5.92 Å². The maximum atomic E-state index is 10.0. The van der Waals surface area contributed by atoms with Crippen LogP contribution in [0.1, 0.15) is 31.2 Å². The van der Waals surface area contributed by atoms with Crippen molar-refractivity contribution in [1.29, 1.82) is 0 Å². The van der Waals surface area contributed by atoms with Crippen molar-refractivity contribution < 1.29 is 9.84 Å². The normalized spacial score (nSPS) is 23.0. The van der Waals surface area contributed by atoms with Crippen LogP contribution in [-0.2, 0) is 6.42 Å². The second-order valence-corrected chi connectivity index (χ2v) is 5.97. The highest BCUT2D eigenvalue weighted by atomic mass is 16.5. The number of aliphatic hydroxyl groups excluding tert-OH is 1. The molecule has 2 rings (SSSR count). The summed E-state index contributed by atoms with van der Waals surface area (Å²) in [4.78, 5) is 2.35. The summed E-state index contributed by atoms with van der Waals surface area (Å²) in [6.07, 6.45) is 5.57. The number of ether oxygens (including phenoxy) is 1. The highest BCUT2D eigenvalue weighted by Crippen LogP contribution is 2.24. The van der Waals surface area contributed by atoms with Gasteiger partial charge in [0.1, 0.15) is 5.75 Å². The number of rotatable bonds is 6. The number of nitrogens with zero attached hydrogens (tertiary/aromatic N) is 1. The molecular formula is C17H27NO2. The Hall–Kier alpha value is -1.06. The lowest BCUT2D eigenvalue weighted by atomic mass is 9.86. The third-order valence-electron chi connectivity index (χ3n) is 4.36. The standard InChI is InChI=1S/C17H27NO2/c1-18(13-15-5-3-4-6-17(15)19)12-11-14-7-9-16(20-2)10-8-14/h7-10,15,17,19H,3-6,11-13H2,1-2H3. The van der Waals surface area contributed by atoms with Crippen LogP contribution in [0.5, 0.6) is 5.75 Å². The predicted molar refractivity (Wildman–Crippen MR) is 82.2 cm³/mol. The first kappa shape index (κ1) is 15.3. The van der Waals surface area contributed by atoms with Crippen molar-refractivity contribution in [3.05, 3.63) is 29.8 Å². The summed E-state index contributed by atoms with van der Waals surface area (Å²) < 4.78 is 5.17. The SMILES string of the molecule is COc1ccc(CCN(C)CC2CCCCC2O)cc1. The lowest BCUT2D eigenvalue weighted by Gasteiger charge is -2.31. The summed E-state index contributed by atoms with van der Waals surface area (Å²) >= 11 is 0. The molecule has 3 heteroatoms. The molecule has 1 saturated carbocycles. The van der Waals surface area contributed by atoms with Gasteiger partial charge in [0.2, 0.25) is 0 Å². The summed E-state index contributed by atoms with van der Waals surface area (Å²) in [5, 5.41) is 10.0. The number of likely N-dealkylation sites (N-methyl/N-ethyl adjacent to an activating group) is 1. The van der Waals surface area contributed by atoms with E-state index in [1.54, 1.807) is 7.11 Å². The molecule has 0 bridgehead atoms. The van der Waals surface area contributed by atoms with E-state index in [9.17, 15) is 5.11 Å². The number of aliphatic hydroxyl groups is 1. The van der Waals surface area contributed by atoms with Crippen molar-refractivity contribution in [3.8, 4) is 5.75 Å². The number of methoxy groups -OCH3 is 1. The van der Waals surface area contributed by atoms with E-state index < -0.39 is 0 Å². The monoisotopic (exact) mass is 277 g/mol. The van der Waals surface area contributed by atoms with Gasteiger partial charge in [-0.1, -0.05) is 25.0 Å². The minimum absolute atomic E-state index is 0.0906. The van der Waals surface area contributed by atoms with Crippen LogP contribution in [-0.4, -0.2) is 43.4 Å². The Kier molecular flexibility index (Phi) is 5.86. The van der Waals surface area contributed by atoms with Crippen LogP contribution in [0.25, 0.3) is 0 Å². The van der Waals surface area contributed by atoms with Gasteiger partial charge in [0.15, 0.2) is 0 Å². The molecule has 1 aromatic rings. The van der Waals surface area contributed by atoms with Crippen LogP contribution in [0.2, 0.25) is 0 Å². The van der Waals surface area contributed by atoms with Gasteiger partial charge in [0.25, 0.3) is 0 Å². The van der Waals surface area contributed by atoms with Crippen molar-refractivity contribution >= 4 is 0 Å². The highest BCUT2D eigenvalue weighted by Gasteiger charge is 2.23. The summed E-state index contributed by atoms with van der Waals surface area (Å²) in [5.41, 5.74) is 1.34. The minimum Gasteiger partial charge on any atom is -0.497 e. The molecule has 20 heavy (non-hydrogen) atoms. The third kappa shape index (κ3) is 4.50. The van der Waals surface area contributed by atoms with Crippen LogP contribution >= 0.6 is 0 Å². The zero-order valence-corrected chi connectivity index (χ0v) is 12.7. The third-order valence-corrected chi connectivity index (χ3v) is 4.36. The van der Waals surface area contributed by atoms with Crippen molar-refractivity contribution in [2.75, 3.05) is 27.2 Å². The largest absolute Gasteiger partial charge is 0.497 e. The van der Waals surface area contributed by atoms with E-state index >= 15 is 0 Å². The van der Waals surface area contributed by atoms with Crippen molar-refractivity contribution in [2.45, 2.75) is 38.2 Å². The predicted octanol–water partition coefficient (Wildman–Crippen LogP) is 2.72. The number of benzene rings is 1. The van der Waals surface area contributed by atoms with Crippen LogP contribution in [0.3, 0.4) is 0 Å². The first-order valence-electron chi connectivity index (χ1n) is 7.68. The van der Waals surface area contributed by atoms with Crippen molar-refractivity contribution in [2.24, 2.45) is 5.92 Å². The molecule has 2 atom stereocenters. The highest BCUT2D eigenvalue weighted by molar-refractivity contribution is 5.27. The molecule has 3 nitrogen and oxygen atoms in total. The van der Waals surface area contributed by atoms with E-state index in [-0.39, 0.29) is 6.10 Å². The molecule has 0 saturated heterocycles. The average Bonchev–Trinajstić information content (AvgIpc) is 2.48. The molecule has 1 fully saturated rings. The Morgan fingerprint density at radius 2 is 1.90 bits per heavy atom. The molecule has 1 aliphatic rings. The fraction of sp³-hybridized carbons (Fsp3) is 0.647. The summed E-state index contributed by atoms with van der Waals surface area (Å²) in [6, 6.07) is 8.28. The molecule has 0 radical (unpaired) electrons. The molecule has 1 aliphatic carbocycles. The molecule has 0 heterocycles. The first-order chi connectivity index (χ1) is 9.69. The Morgan fingerprint density at radius 3 is 2.55 bits per heavy atom. The summed E-state index contributed by atoms with van der Waals surface area (Å²) in [5.74, 6) is 1.37. The lowest BCUT2D eigenvalue weighted by molar-refractivity contribution is 0.0516. The van der Waals surface area contributed by atoms with E-state index in [2.05, 4.69) is 24.1 Å². The smallest absolute Gasteiger partial charge is 0.118 e. The maximum Gasteiger partial charge on any atom is 0.118 e. The van der Waals surface area contributed by atoms with Gasteiger partial charge in [-0.05, 0) is 49.9 Å². The Bertz CT molecular complexity index is 390. The van der Waals surface area contributed by atoms with Crippen LogP contribution < -0.4 is 4.74 Å². The second kappa shape index (κ2) is 7.65. The molecule has 0 aliphatic heterocycles. The van der Waals surface area contributed by atoms with Crippen molar-refractivity contribution in [1.82, 2.24) is 4.90 Å². The topological polar surface area (TPSA) is 32.7 Å². The van der Waals surface area contributed by atoms with E-state index in [0.717, 1.165) is 31.7 Å². The van der Waals surface area contributed by atoms with Crippen LogP contribution in [0, 0.1) is 5.92 Å². The van der Waals surface area contributed by atoms with Gasteiger partial charge in [0, 0.05) is 13.1 Å². The van der Waals surface area contributed by atoms with Gasteiger partial charge in [-0.25, -0.2) is 0 Å². The summed E-state index contributed by atoms with van der Waals surface area (Å²) in [7, 11) is 3.85. The number of hydrogen-bond acceptors (Lipinski definition) is 3. The summed E-state index contributed by atoms with van der Waals surface area (Å²) in [6.45, 7) is 2.05. The fourth-order valence-electron chi connectivity index (χ4n) is 3.00. The van der Waals surface area contributed by atoms with Gasteiger partial charge in [-0.3, -0.25) is 0 Å². The molecule has 1 N–H and O–H groups in total. The van der Waals surface area contributed by atoms with Gasteiger partial charge in [0.05, 0.1) is 13.2 Å². The number of hydrogen-bond donors (Lipinski definition) is 1. The van der Waals surface area contributed by atoms with Crippen molar-refractivity contribution in [3.63, 3.8) is 0 Å². The second-order valence-electron chi connectivity index (χ2n) is 5.97. The molecule has 1 aromatic carbocycles. The molecule has 2 unspecified atom stereocenters.